The van der Waals surface area contributed by atoms with Crippen LogP contribution in [0.25, 0.3) is 0 Å². The van der Waals surface area contributed by atoms with E-state index in [2.05, 4.69) is 9.47 Å². The summed E-state index contributed by atoms with van der Waals surface area (Å²) in [4.78, 5) is 45.8. The van der Waals surface area contributed by atoms with Gasteiger partial charge in [-0.25, -0.2) is 14.5 Å². The largest absolute Gasteiger partial charge is 0.467 e. The average Bonchev–Trinajstić information content (AvgIpc) is 2.66. The van der Waals surface area contributed by atoms with E-state index in [1.165, 1.54) is 0 Å². The molecule has 1 fully saturated rings. The summed E-state index contributed by atoms with van der Waals surface area (Å²) in [7, 11) is 1.07. The summed E-state index contributed by atoms with van der Waals surface area (Å²) in [5.74, 6) is -3.95. The lowest BCUT2D eigenvalue weighted by atomic mass is 10.1. The van der Waals surface area contributed by atoms with Crippen molar-refractivity contribution in [2.24, 2.45) is 5.92 Å². The van der Waals surface area contributed by atoms with E-state index >= 15 is 0 Å². The summed E-state index contributed by atoms with van der Waals surface area (Å²) >= 11 is 0. The van der Waals surface area contributed by atoms with Crippen molar-refractivity contribution in [3.8, 4) is 0 Å². The molecule has 0 radical (unpaired) electrons. The molecule has 8 heteroatoms. The van der Waals surface area contributed by atoms with Crippen LogP contribution in [-0.4, -0.2) is 53.7 Å². The Morgan fingerprint density at radius 1 is 1.39 bits per heavy atom. The molecule has 0 bridgehead atoms. The first-order valence-electron chi connectivity index (χ1n) is 5.24. The van der Waals surface area contributed by atoms with E-state index in [0.717, 1.165) is 7.11 Å². The van der Waals surface area contributed by atoms with E-state index in [1.54, 1.807) is 6.92 Å². The van der Waals surface area contributed by atoms with E-state index in [1.807, 2.05) is 0 Å². The van der Waals surface area contributed by atoms with E-state index in [0.29, 0.717) is 4.90 Å². The number of likely N-dealkylation sites (tertiary alicyclic amines) is 1. The Kier molecular flexibility index (Phi) is 4.24. The number of esters is 2. The summed E-state index contributed by atoms with van der Waals surface area (Å²) in [6, 6.07) is -1.30. The van der Waals surface area contributed by atoms with Crippen LogP contribution in [0.3, 0.4) is 0 Å². The van der Waals surface area contributed by atoms with E-state index in [-0.39, 0.29) is 13.0 Å². The Hall–Kier alpha value is -2.12. The molecular weight excluding hydrogens is 246 g/mol. The molecule has 1 heterocycles. The van der Waals surface area contributed by atoms with Crippen LogP contribution < -0.4 is 0 Å². The number of methoxy groups -OCH3 is 1. The lowest BCUT2D eigenvalue weighted by molar-refractivity contribution is -0.152. The summed E-state index contributed by atoms with van der Waals surface area (Å²) in [6.45, 7) is 1.63. The number of imide groups is 1. The molecular formula is C10H13NO7. The zero-order valence-electron chi connectivity index (χ0n) is 9.91. The van der Waals surface area contributed by atoms with E-state index < -0.39 is 35.9 Å². The molecule has 2 amide bonds. The minimum absolute atomic E-state index is 0.0680. The van der Waals surface area contributed by atoms with Crippen molar-refractivity contribution < 1.29 is 33.8 Å². The van der Waals surface area contributed by atoms with Gasteiger partial charge in [-0.3, -0.25) is 9.59 Å². The molecule has 2 atom stereocenters. The Morgan fingerprint density at radius 3 is 2.44 bits per heavy atom. The first-order valence-corrected chi connectivity index (χ1v) is 5.24. The highest BCUT2D eigenvalue weighted by Crippen LogP contribution is 2.26. The van der Waals surface area contributed by atoms with Crippen molar-refractivity contribution in [3.63, 3.8) is 0 Å². The first-order chi connectivity index (χ1) is 8.43. The number of carbonyl (C=O) groups excluding carboxylic acids is 3. The highest BCUT2D eigenvalue weighted by Gasteiger charge is 2.50. The van der Waals surface area contributed by atoms with Crippen LogP contribution in [0.15, 0.2) is 0 Å². The summed E-state index contributed by atoms with van der Waals surface area (Å²) in [6.07, 6.45) is -1.85. The molecule has 18 heavy (non-hydrogen) atoms. The Labute approximate surface area is 102 Å². The highest BCUT2D eigenvalue weighted by molar-refractivity contribution is 6.08. The van der Waals surface area contributed by atoms with Crippen LogP contribution >= 0.6 is 0 Å². The van der Waals surface area contributed by atoms with Gasteiger partial charge in [0, 0.05) is 6.42 Å². The molecule has 8 nitrogen and oxygen atoms in total. The maximum absolute atomic E-state index is 11.7. The average molecular weight is 259 g/mol. The molecule has 1 saturated heterocycles. The summed E-state index contributed by atoms with van der Waals surface area (Å²) < 4.78 is 9.06. The van der Waals surface area contributed by atoms with Gasteiger partial charge in [-0.15, -0.1) is 0 Å². The van der Waals surface area contributed by atoms with E-state index in [4.69, 9.17) is 5.11 Å². The number of ether oxygens (including phenoxy) is 2. The molecule has 0 aromatic rings. The predicted octanol–water partition coefficient (Wildman–Crippen LogP) is -0.382. The molecule has 1 unspecified atom stereocenters. The molecule has 0 aromatic carbocycles. The van der Waals surface area contributed by atoms with Gasteiger partial charge in [0.1, 0.15) is 12.0 Å². The van der Waals surface area contributed by atoms with Crippen molar-refractivity contribution in [1.82, 2.24) is 4.90 Å². The van der Waals surface area contributed by atoms with E-state index in [9.17, 15) is 19.2 Å². The summed E-state index contributed by atoms with van der Waals surface area (Å²) in [5.41, 5.74) is 0. The predicted molar refractivity (Wildman–Crippen MR) is 55.4 cm³/mol. The summed E-state index contributed by atoms with van der Waals surface area (Å²) in [5, 5.41) is 8.87. The molecule has 0 aromatic heterocycles. The Balaban J connectivity index is 2.96. The lowest BCUT2D eigenvalue weighted by Gasteiger charge is -2.16. The van der Waals surface area contributed by atoms with Crippen molar-refractivity contribution in [3.05, 3.63) is 0 Å². The van der Waals surface area contributed by atoms with Crippen LogP contribution in [-0.2, 0) is 23.9 Å². The van der Waals surface area contributed by atoms with Crippen LogP contribution in [0.2, 0.25) is 0 Å². The maximum atomic E-state index is 11.7. The Morgan fingerprint density at radius 2 is 2.00 bits per heavy atom. The molecule has 1 aliphatic rings. The number of hydrogen-bond donors (Lipinski definition) is 1. The molecule has 100 valence electrons. The quantitative estimate of drug-likeness (QED) is 0.543. The number of nitrogens with zero attached hydrogens (tertiary/aromatic N) is 1. The van der Waals surface area contributed by atoms with Gasteiger partial charge in [0.05, 0.1) is 13.7 Å². The number of carbonyl (C=O) groups is 4. The van der Waals surface area contributed by atoms with Gasteiger partial charge in [0.25, 0.3) is 0 Å². The second-order valence-electron chi connectivity index (χ2n) is 3.57. The highest BCUT2D eigenvalue weighted by atomic mass is 16.5. The monoisotopic (exact) mass is 259 g/mol. The van der Waals surface area contributed by atoms with Gasteiger partial charge in [-0.2, -0.15) is 0 Å². The second-order valence-corrected chi connectivity index (χ2v) is 3.57. The molecule has 0 saturated carbocycles. The molecule has 1 aliphatic heterocycles. The van der Waals surface area contributed by atoms with Crippen molar-refractivity contribution in [1.29, 1.82) is 0 Å². The number of amides is 2. The Bertz CT molecular complexity index is 392. The lowest BCUT2D eigenvalue weighted by Crippen LogP contribution is -2.43. The minimum Gasteiger partial charge on any atom is -0.467 e. The SMILES string of the molecule is CCOC(=O)C1C[C@@H](C(=O)OC)N(C(=O)O)C1=O. The topological polar surface area (TPSA) is 110 Å². The molecule has 1 rings (SSSR count). The smallest absolute Gasteiger partial charge is 0.414 e. The van der Waals surface area contributed by atoms with Gasteiger partial charge in [0.15, 0.2) is 0 Å². The van der Waals surface area contributed by atoms with Crippen LogP contribution in [0.1, 0.15) is 13.3 Å². The fraction of sp³-hybridized carbons (Fsp3) is 0.600. The van der Waals surface area contributed by atoms with Gasteiger partial charge < -0.3 is 14.6 Å². The van der Waals surface area contributed by atoms with Gasteiger partial charge in [-0.1, -0.05) is 0 Å². The third-order valence-corrected chi connectivity index (χ3v) is 2.56. The zero-order valence-corrected chi connectivity index (χ0v) is 9.91. The number of carboxylic acid groups (broad SMARTS) is 1. The molecule has 0 aliphatic carbocycles. The van der Waals surface area contributed by atoms with Crippen LogP contribution in [0, 0.1) is 5.92 Å². The number of hydrogen-bond acceptors (Lipinski definition) is 6. The second kappa shape index (κ2) is 5.48. The van der Waals surface area contributed by atoms with Gasteiger partial charge in [-0.05, 0) is 6.92 Å². The van der Waals surface area contributed by atoms with Crippen molar-refractivity contribution in [2.75, 3.05) is 13.7 Å². The van der Waals surface area contributed by atoms with Gasteiger partial charge >= 0.3 is 18.0 Å². The third-order valence-electron chi connectivity index (χ3n) is 2.56. The van der Waals surface area contributed by atoms with Crippen LogP contribution in [0.5, 0.6) is 0 Å². The fourth-order valence-electron chi connectivity index (χ4n) is 1.76. The third kappa shape index (κ3) is 2.41. The molecule has 0 spiro atoms. The standard InChI is InChI=1S/C10H13NO7/c1-3-18-8(13)5-4-6(9(14)17-2)11(7(5)12)10(15)16/h5-6H,3-4H2,1-2H3,(H,15,16)/t5?,6-/m0/s1. The zero-order chi connectivity index (χ0) is 13.9. The van der Waals surface area contributed by atoms with Crippen molar-refractivity contribution in [2.45, 2.75) is 19.4 Å². The van der Waals surface area contributed by atoms with Crippen molar-refractivity contribution >= 4 is 23.9 Å². The van der Waals surface area contributed by atoms with Crippen LogP contribution in [0.4, 0.5) is 4.79 Å². The maximum Gasteiger partial charge on any atom is 0.414 e. The fourth-order valence-corrected chi connectivity index (χ4v) is 1.76. The molecule has 1 N–H and O–H groups in total. The minimum atomic E-state index is -1.60. The first kappa shape index (κ1) is 13.9. The normalized spacial score (nSPS) is 22.8. The number of rotatable bonds is 3. The van der Waals surface area contributed by atoms with Gasteiger partial charge in [0.2, 0.25) is 5.91 Å².